The molecular formula is C28H38N2O3. The van der Waals surface area contributed by atoms with Gasteiger partial charge in [0, 0.05) is 37.7 Å². The van der Waals surface area contributed by atoms with Crippen LogP contribution in [0.1, 0.15) is 64.4 Å². The summed E-state index contributed by atoms with van der Waals surface area (Å²) in [5.41, 5.74) is 2.51. The molecule has 1 amide bonds. The Morgan fingerprint density at radius 2 is 2.12 bits per heavy atom. The largest absolute Gasteiger partial charge is 0.392 e. The molecule has 33 heavy (non-hydrogen) atoms. The van der Waals surface area contributed by atoms with Crippen LogP contribution in [0.5, 0.6) is 0 Å². The quantitative estimate of drug-likeness (QED) is 0.284. The minimum atomic E-state index is -0.529. The SMILES string of the molecule is CC#CC[C@@H](C)[C@H](O)C=C[C@@H]1[C@H]2CC(=CCCCC(=O)NCc3ccncc3)C[C@H]2C[C@H]1O. The number of amides is 1. The van der Waals surface area contributed by atoms with Gasteiger partial charge in [0.15, 0.2) is 0 Å². The second kappa shape index (κ2) is 12.7. The minimum absolute atomic E-state index is 0.0829. The number of allylic oxidation sites excluding steroid dienone is 2. The molecule has 2 fully saturated rings. The van der Waals surface area contributed by atoms with Crippen molar-refractivity contribution in [3.05, 3.63) is 53.9 Å². The van der Waals surface area contributed by atoms with Crippen molar-refractivity contribution in [2.45, 2.75) is 77.5 Å². The van der Waals surface area contributed by atoms with Gasteiger partial charge in [-0.3, -0.25) is 9.78 Å². The third-order valence-corrected chi connectivity index (χ3v) is 7.11. The minimum Gasteiger partial charge on any atom is -0.392 e. The fraction of sp³-hybridized carbons (Fsp3) is 0.571. The summed E-state index contributed by atoms with van der Waals surface area (Å²) in [6, 6.07) is 3.81. The smallest absolute Gasteiger partial charge is 0.220 e. The molecule has 0 aliphatic heterocycles. The summed E-state index contributed by atoms with van der Waals surface area (Å²) in [5, 5.41) is 23.9. The molecule has 0 saturated heterocycles. The Balaban J connectivity index is 1.41. The van der Waals surface area contributed by atoms with Gasteiger partial charge in [-0.15, -0.1) is 11.8 Å². The van der Waals surface area contributed by atoms with Crippen molar-refractivity contribution in [2.75, 3.05) is 0 Å². The van der Waals surface area contributed by atoms with E-state index in [9.17, 15) is 15.0 Å². The van der Waals surface area contributed by atoms with Crippen LogP contribution < -0.4 is 5.32 Å². The normalized spacial score (nSPS) is 27.2. The molecule has 5 heteroatoms. The Hall–Kier alpha value is -2.42. The number of aliphatic hydroxyl groups excluding tert-OH is 2. The number of carbonyl (C=O) groups excluding carboxylic acids is 1. The van der Waals surface area contributed by atoms with Crippen molar-refractivity contribution >= 4 is 5.91 Å². The summed E-state index contributed by atoms with van der Waals surface area (Å²) in [6.45, 7) is 4.36. The number of hydrogen-bond donors (Lipinski definition) is 3. The molecule has 1 heterocycles. The molecule has 5 nitrogen and oxygen atoms in total. The summed E-state index contributed by atoms with van der Waals surface area (Å²) in [6.07, 6.45) is 14.7. The Kier molecular flexibility index (Phi) is 9.72. The standard InChI is InChI=1S/C28H38N2O3/c1-3-4-7-20(2)26(31)11-10-24-25-17-22(16-23(25)18-27(24)32)8-5-6-9-28(33)30-19-21-12-14-29-15-13-21/h8,10-15,20,23-27,31-32H,5-7,9,16-19H2,1-2H3,(H,30,33)/t20-,23+,24-,25+,26-,27-/m1/s1. The predicted molar refractivity (Wildman–Crippen MR) is 131 cm³/mol. The van der Waals surface area contributed by atoms with E-state index in [0.29, 0.717) is 31.2 Å². The van der Waals surface area contributed by atoms with Gasteiger partial charge >= 0.3 is 0 Å². The summed E-state index contributed by atoms with van der Waals surface area (Å²) < 4.78 is 0. The van der Waals surface area contributed by atoms with Crippen molar-refractivity contribution in [3.63, 3.8) is 0 Å². The second-order valence-electron chi connectivity index (χ2n) is 9.58. The zero-order chi connectivity index (χ0) is 23.6. The molecule has 178 valence electrons. The fourth-order valence-electron chi connectivity index (χ4n) is 5.11. The topological polar surface area (TPSA) is 82.5 Å². The summed E-state index contributed by atoms with van der Waals surface area (Å²) in [4.78, 5) is 16.1. The van der Waals surface area contributed by atoms with Gasteiger partial charge in [-0.25, -0.2) is 0 Å². The van der Waals surface area contributed by atoms with Gasteiger partial charge in [0.2, 0.25) is 5.91 Å². The molecule has 2 aliphatic rings. The predicted octanol–water partition coefficient (Wildman–Crippen LogP) is 4.17. The molecule has 1 aromatic heterocycles. The number of aliphatic hydroxyl groups is 2. The highest BCUT2D eigenvalue weighted by Crippen LogP contribution is 2.50. The van der Waals surface area contributed by atoms with E-state index < -0.39 is 6.10 Å². The number of unbranched alkanes of at least 4 members (excludes halogenated alkanes) is 1. The molecule has 0 bridgehead atoms. The Morgan fingerprint density at radius 1 is 1.33 bits per heavy atom. The molecule has 3 N–H and O–H groups in total. The van der Waals surface area contributed by atoms with Crippen molar-refractivity contribution in [1.82, 2.24) is 10.3 Å². The van der Waals surface area contributed by atoms with Crippen LogP contribution in [-0.2, 0) is 11.3 Å². The maximum absolute atomic E-state index is 12.1. The molecule has 6 atom stereocenters. The van der Waals surface area contributed by atoms with Crippen molar-refractivity contribution in [1.29, 1.82) is 0 Å². The molecule has 3 rings (SSSR count). The monoisotopic (exact) mass is 450 g/mol. The lowest BCUT2D eigenvalue weighted by atomic mass is 9.89. The molecular weight excluding hydrogens is 412 g/mol. The van der Waals surface area contributed by atoms with Crippen LogP contribution in [0.3, 0.4) is 0 Å². The van der Waals surface area contributed by atoms with E-state index in [1.165, 1.54) is 5.57 Å². The van der Waals surface area contributed by atoms with E-state index in [1.807, 2.05) is 38.1 Å². The molecule has 0 spiro atoms. The van der Waals surface area contributed by atoms with Crippen LogP contribution in [0.25, 0.3) is 0 Å². The highest BCUT2D eigenvalue weighted by Gasteiger charge is 2.44. The fourth-order valence-corrected chi connectivity index (χ4v) is 5.11. The third kappa shape index (κ3) is 7.55. The van der Waals surface area contributed by atoms with Gasteiger partial charge in [-0.05, 0) is 74.5 Å². The molecule has 0 radical (unpaired) electrons. The van der Waals surface area contributed by atoms with E-state index in [1.54, 1.807) is 12.4 Å². The number of carbonyl (C=O) groups is 1. The first kappa shape index (κ1) is 25.2. The van der Waals surface area contributed by atoms with E-state index in [4.69, 9.17) is 0 Å². The number of hydrogen-bond acceptors (Lipinski definition) is 4. The second-order valence-corrected chi connectivity index (χ2v) is 9.58. The van der Waals surface area contributed by atoms with Crippen LogP contribution in [0, 0.1) is 35.5 Å². The summed E-state index contributed by atoms with van der Waals surface area (Å²) in [5.74, 6) is 7.15. The molecule has 2 saturated carbocycles. The number of nitrogens with one attached hydrogen (secondary N) is 1. The average molecular weight is 451 g/mol. The van der Waals surface area contributed by atoms with Crippen LogP contribution in [-0.4, -0.2) is 33.3 Å². The number of aromatic nitrogens is 1. The van der Waals surface area contributed by atoms with Gasteiger partial charge in [0.05, 0.1) is 12.2 Å². The number of fused-ring (bicyclic) bond motifs is 1. The van der Waals surface area contributed by atoms with E-state index in [2.05, 4.69) is 28.2 Å². The van der Waals surface area contributed by atoms with Gasteiger partial charge in [0.1, 0.15) is 0 Å². The van der Waals surface area contributed by atoms with Crippen LogP contribution in [0.2, 0.25) is 0 Å². The number of pyridine rings is 1. The first-order valence-electron chi connectivity index (χ1n) is 12.3. The lowest BCUT2D eigenvalue weighted by Gasteiger charge is -2.19. The maximum atomic E-state index is 12.1. The highest BCUT2D eigenvalue weighted by molar-refractivity contribution is 5.75. The molecule has 0 aromatic carbocycles. The zero-order valence-electron chi connectivity index (χ0n) is 19.9. The van der Waals surface area contributed by atoms with Crippen molar-refractivity contribution in [2.24, 2.45) is 23.7 Å². The lowest BCUT2D eigenvalue weighted by Crippen LogP contribution is -2.22. The first-order valence-corrected chi connectivity index (χ1v) is 12.3. The Morgan fingerprint density at radius 3 is 2.88 bits per heavy atom. The third-order valence-electron chi connectivity index (χ3n) is 7.11. The first-order chi connectivity index (χ1) is 16.0. The number of nitrogens with zero attached hydrogens (tertiary/aromatic N) is 1. The van der Waals surface area contributed by atoms with Gasteiger partial charge in [-0.2, -0.15) is 0 Å². The maximum Gasteiger partial charge on any atom is 0.220 e. The lowest BCUT2D eigenvalue weighted by molar-refractivity contribution is -0.121. The highest BCUT2D eigenvalue weighted by atomic mass is 16.3. The summed E-state index contributed by atoms with van der Waals surface area (Å²) >= 11 is 0. The molecule has 1 aromatic rings. The molecule has 0 unspecified atom stereocenters. The number of rotatable bonds is 10. The van der Waals surface area contributed by atoms with Gasteiger partial charge in [0.25, 0.3) is 0 Å². The van der Waals surface area contributed by atoms with Crippen molar-refractivity contribution < 1.29 is 15.0 Å². The Labute approximate surface area is 198 Å². The van der Waals surface area contributed by atoms with Gasteiger partial charge < -0.3 is 15.5 Å². The Bertz CT molecular complexity index is 883. The van der Waals surface area contributed by atoms with Crippen LogP contribution >= 0.6 is 0 Å². The molecule has 2 aliphatic carbocycles. The van der Waals surface area contributed by atoms with Crippen LogP contribution in [0.4, 0.5) is 0 Å². The zero-order valence-corrected chi connectivity index (χ0v) is 19.9. The average Bonchev–Trinajstić information content (AvgIpc) is 3.34. The van der Waals surface area contributed by atoms with Gasteiger partial charge in [-0.1, -0.05) is 30.7 Å². The van der Waals surface area contributed by atoms with E-state index in [0.717, 1.165) is 37.7 Å². The van der Waals surface area contributed by atoms with E-state index >= 15 is 0 Å². The van der Waals surface area contributed by atoms with E-state index in [-0.39, 0.29) is 23.8 Å². The van der Waals surface area contributed by atoms with Crippen molar-refractivity contribution in [3.8, 4) is 11.8 Å². The van der Waals surface area contributed by atoms with Crippen LogP contribution in [0.15, 0.2) is 48.3 Å². The summed E-state index contributed by atoms with van der Waals surface area (Å²) in [7, 11) is 0.